The molecule has 1 aliphatic carbocycles. The van der Waals surface area contributed by atoms with E-state index in [1.165, 1.54) is 4.90 Å². The molecule has 1 unspecified atom stereocenters. The molecule has 29 heavy (non-hydrogen) atoms. The van der Waals surface area contributed by atoms with Gasteiger partial charge >= 0.3 is 6.18 Å². The van der Waals surface area contributed by atoms with Crippen molar-refractivity contribution in [2.45, 2.75) is 56.9 Å². The molecule has 2 amide bonds. The normalized spacial score (nSPS) is 19.8. The minimum atomic E-state index is -4.32. The Morgan fingerprint density at radius 3 is 2.72 bits per heavy atom. The fourth-order valence-electron chi connectivity index (χ4n) is 3.27. The summed E-state index contributed by atoms with van der Waals surface area (Å²) >= 11 is 0. The molecule has 1 atom stereocenters. The minimum Gasteiger partial charge on any atom is -0.337 e. The molecule has 2 aromatic rings. The van der Waals surface area contributed by atoms with Gasteiger partial charge in [0.15, 0.2) is 0 Å². The largest absolute Gasteiger partial charge is 0.390 e. The Morgan fingerprint density at radius 2 is 2.03 bits per heavy atom. The predicted molar refractivity (Wildman–Crippen MR) is 94.2 cm³/mol. The van der Waals surface area contributed by atoms with Crippen LogP contribution in [0.5, 0.6) is 0 Å². The number of alkyl halides is 3. The first-order valence-electron chi connectivity index (χ1n) is 9.33. The van der Waals surface area contributed by atoms with Crippen LogP contribution in [0.25, 0.3) is 0 Å². The fraction of sp³-hybridized carbons (Fsp3) is 0.588. The lowest BCUT2D eigenvalue weighted by atomic mass is 10.2. The number of carbonyl (C=O) groups is 2. The van der Waals surface area contributed by atoms with Crippen LogP contribution in [0.4, 0.5) is 19.0 Å². The lowest BCUT2D eigenvalue weighted by Gasteiger charge is -2.19. The Morgan fingerprint density at radius 1 is 1.28 bits per heavy atom. The zero-order chi connectivity index (χ0) is 20.8. The van der Waals surface area contributed by atoms with Gasteiger partial charge in [-0.2, -0.15) is 18.3 Å². The van der Waals surface area contributed by atoms with Crippen molar-refractivity contribution in [3.8, 4) is 0 Å². The van der Waals surface area contributed by atoms with E-state index < -0.39 is 31.1 Å². The second-order valence-electron chi connectivity index (χ2n) is 7.33. The zero-order valence-corrected chi connectivity index (χ0v) is 15.7. The van der Waals surface area contributed by atoms with Gasteiger partial charge in [-0.1, -0.05) is 0 Å². The summed E-state index contributed by atoms with van der Waals surface area (Å²) in [4.78, 5) is 30.4. The average molecular weight is 411 g/mol. The third-order valence-corrected chi connectivity index (χ3v) is 5.04. The van der Waals surface area contributed by atoms with Gasteiger partial charge in [0.25, 0.3) is 11.8 Å². The van der Waals surface area contributed by atoms with Crippen molar-refractivity contribution in [1.82, 2.24) is 29.9 Å². The Labute approximate surface area is 163 Å². The highest BCUT2D eigenvalue weighted by atomic mass is 19.4. The highest BCUT2D eigenvalue weighted by Gasteiger charge is 2.34. The van der Waals surface area contributed by atoms with Crippen molar-refractivity contribution in [1.29, 1.82) is 0 Å². The number of carbonyl (C=O) groups excluding carboxylic acids is 2. The Kier molecular flexibility index (Phi) is 4.79. The smallest absolute Gasteiger partial charge is 0.337 e. The molecule has 156 valence electrons. The number of anilines is 1. The average Bonchev–Trinajstić information content (AvgIpc) is 3.27. The summed E-state index contributed by atoms with van der Waals surface area (Å²) in [5.41, 5.74) is 0.982. The van der Waals surface area contributed by atoms with Crippen LogP contribution in [0, 0.1) is 0 Å². The molecule has 2 aliphatic rings. The van der Waals surface area contributed by atoms with E-state index in [4.69, 9.17) is 0 Å². The van der Waals surface area contributed by atoms with Crippen LogP contribution >= 0.6 is 0 Å². The highest BCUT2D eigenvalue weighted by Crippen LogP contribution is 2.40. The number of likely N-dealkylation sites (N-methyl/N-ethyl adjacent to an activating group) is 1. The molecule has 0 radical (unpaired) electrons. The topological polar surface area (TPSA) is 97.9 Å². The first-order valence-corrected chi connectivity index (χ1v) is 9.33. The summed E-state index contributed by atoms with van der Waals surface area (Å²) < 4.78 is 39.6. The van der Waals surface area contributed by atoms with Gasteiger partial charge < -0.3 is 5.32 Å². The molecule has 3 heterocycles. The van der Waals surface area contributed by atoms with Gasteiger partial charge in [-0.3, -0.25) is 19.2 Å². The number of amides is 2. The molecule has 1 fully saturated rings. The van der Waals surface area contributed by atoms with Crippen LogP contribution < -0.4 is 10.2 Å². The lowest BCUT2D eigenvalue weighted by molar-refractivity contribution is -0.137. The molecule has 2 aromatic heterocycles. The van der Waals surface area contributed by atoms with Crippen LogP contribution in [-0.4, -0.2) is 55.6 Å². The number of nitrogens with one attached hydrogen (secondary N) is 1. The Bertz CT molecular complexity index is 932. The van der Waals surface area contributed by atoms with Crippen molar-refractivity contribution < 1.29 is 22.8 Å². The van der Waals surface area contributed by atoms with Crippen LogP contribution in [0.3, 0.4) is 0 Å². The number of nitrogens with zero attached hydrogens (tertiary/aromatic N) is 6. The maximum absolute atomic E-state index is 12.8. The number of hydrogen-bond donors (Lipinski definition) is 1. The number of aryl methyl sites for hydroxylation is 2. The maximum Gasteiger partial charge on any atom is 0.390 e. The van der Waals surface area contributed by atoms with Crippen LogP contribution in [0.15, 0.2) is 12.4 Å². The molecular weight excluding hydrogens is 391 g/mol. The van der Waals surface area contributed by atoms with Gasteiger partial charge in [-0.15, -0.1) is 5.10 Å². The van der Waals surface area contributed by atoms with E-state index in [1.807, 2.05) is 6.07 Å². The van der Waals surface area contributed by atoms with Crippen molar-refractivity contribution in [2.75, 3.05) is 11.9 Å². The molecule has 4 rings (SSSR count). The molecule has 0 bridgehead atoms. The van der Waals surface area contributed by atoms with E-state index in [-0.39, 0.29) is 11.7 Å². The molecule has 1 aliphatic heterocycles. The maximum atomic E-state index is 12.8. The standard InChI is InChI=1S/C17H20F3N7O2/c1-25-13-8-12(10-2-3-10)23-27(13)6-4-11(16(25)29)22-15(28)14-21-9-26(24-14)7-5-17(18,19)20/h8-11H,2-7H2,1H3,(H,22,28). The van der Waals surface area contributed by atoms with E-state index in [0.717, 1.165) is 29.5 Å². The van der Waals surface area contributed by atoms with Crippen LogP contribution in [-0.2, 0) is 17.9 Å². The number of fused-ring (bicyclic) bond motifs is 1. The molecule has 0 spiro atoms. The van der Waals surface area contributed by atoms with Gasteiger partial charge in [-0.25, -0.2) is 9.67 Å². The number of halogens is 3. The SMILES string of the molecule is CN1C(=O)C(NC(=O)c2ncn(CCC(F)(F)F)n2)CCn2nc(C3CC3)cc21. The quantitative estimate of drug-likeness (QED) is 0.804. The first-order chi connectivity index (χ1) is 13.7. The second kappa shape index (κ2) is 7.16. The van der Waals surface area contributed by atoms with E-state index in [0.29, 0.717) is 24.7 Å². The molecule has 0 aromatic carbocycles. The number of hydrogen-bond acceptors (Lipinski definition) is 5. The van der Waals surface area contributed by atoms with Crippen LogP contribution in [0.1, 0.15) is 47.9 Å². The molecule has 1 N–H and O–H groups in total. The lowest BCUT2D eigenvalue weighted by Crippen LogP contribution is -2.47. The number of aromatic nitrogens is 5. The zero-order valence-electron chi connectivity index (χ0n) is 15.7. The minimum absolute atomic E-state index is 0.277. The van der Waals surface area contributed by atoms with E-state index >= 15 is 0 Å². The summed E-state index contributed by atoms with van der Waals surface area (Å²) in [6.45, 7) is 0.0237. The van der Waals surface area contributed by atoms with Gasteiger partial charge in [-0.05, 0) is 19.3 Å². The Balaban J connectivity index is 1.40. The molecule has 0 saturated heterocycles. The van der Waals surface area contributed by atoms with E-state index in [2.05, 4.69) is 20.5 Å². The van der Waals surface area contributed by atoms with Crippen molar-refractivity contribution in [3.63, 3.8) is 0 Å². The first kappa shape index (κ1) is 19.4. The van der Waals surface area contributed by atoms with Gasteiger partial charge in [0.1, 0.15) is 18.2 Å². The summed E-state index contributed by atoms with van der Waals surface area (Å²) in [7, 11) is 1.63. The van der Waals surface area contributed by atoms with Crippen molar-refractivity contribution in [3.05, 3.63) is 23.9 Å². The third kappa shape index (κ3) is 4.25. The van der Waals surface area contributed by atoms with Gasteiger partial charge in [0.05, 0.1) is 18.7 Å². The Hall–Kier alpha value is -2.92. The highest BCUT2D eigenvalue weighted by molar-refractivity contribution is 6.00. The predicted octanol–water partition coefficient (Wildman–Crippen LogP) is 1.47. The summed E-state index contributed by atoms with van der Waals surface area (Å²) in [5.74, 6) is -0.132. The van der Waals surface area contributed by atoms with Gasteiger partial charge in [0.2, 0.25) is 5.82 Å². The fourth-order valence-corrected chi connectivity index (χ4v) is 3.27. The second-order valence-corrected chi connectivity index (χ2v) is 7.33. The molecule has 12 heteroatoms. The van der Waals surface area contributed by atoms with E-state index in [1.54, 1.807) is 11.7 Å². The molecular formula is C17H20F3N7O2. The van der Waals surface area contributed by atoms with Crippen molar-refractivity contribution in [2.24, 2.45) is 0 Å². The monoisotopic (exact) mass is 411 g/mol. The van der Waals surface area contributed by atoms with Crippen molar-refractivity contribution >= 4 is 17.6 Å². The van der Waals surface area contributed by atoms with E-state index in [9.17, 15) is 22.8 Å². The summed E-state index contributed by atoms with van der Waals surface area (Å²) in [6.07, 6.45) is -1.78. The van der Waals surface area contributed by atoms with Gasteiger partial charge in [0, 0.05) is 25.6 Å². The summed E-state index contributed by atoms with van der Waals surface area (Å²) in [5, 5.41) is 10.9. The summed E-state index contributed by atoms with van der Waals surface area (Å²) in [6, 6.07) is 1.10. The van der Waals surface area contributed by atoms with Crippen LogP contribution in [0.2, 0.25) is 0 Å². The molecule has 1 saturated carbocycles. The third-order valence-electron chi connectivity index (χ3n) is 5.04. The number of rotatable bonds is 5. The molecule has 9 nitrogen and oxygen atoms in total.